The van der Waals surface area contributed by atoms with Gasteiger partial charge >= 0.3 is 5.97 Å². The van der Waals surface area contributed by atoms with E-state index in [1.165, 1.54) is 6.92 Å². The van der Waals surface area contributed by atoms with E-state index >= 15 is 0 Å². The Morgan fingerprint density at radius 2 is 0.857 bits per heavy atom. The number of aryl methyl sites for hydroxylation is 1. The second-order valence-electron chi connectivity index (χ2n) is 21.2. The van der Waals surface area contributed by atoms with Gasteiger partial charge in [0.15, 0.2) is 0 Å². The van der Waals surface area contributed by atoms with Crippen LogP contribution in [0.15, 0.2) is 30.4 Å². The summed E-state index contributed by atoms with van der Waals surface area (Å²) in [4.78, 5) is 78.2. The third-order valence-electron chi connectivity index (χ3n) is 13.5. The molecule has 1 aromatic carbocycles. The van der Waals surface area contributed by atoms with Crippen molar-refractivity contribution in [3.05, 3.63) is 41.5 Å². The van der Waals surface area contributed by atoms with Gasteiger partial charge in [-0.05, 0) is 82.7 Å². The zero-order chi connectivity index (χ0) is 66.1. The molecule has 1 aliphatic heterocycles. The molecule has 0 spiro atoms. The number of nitrogens with zero attached hydrogens (tertiary/aromatic N) is 2. The number of carbonyl (C=O) groups excluding carboxylic acids is 6. The van der Waals surface area contributed by atoms with Crippen molar-refractivity contribution < 1.29 is 109 Å². The molecule has 0 aromatic heterocycles. The first-order chi connectivity index (χ1) is 44.3. The maximum absolute atomic E-state index is 13.4. The number of hydrogen-bond donors (Lipinski definition) is 3. The van der Waals surface area contributed by atoms with E-state index in [-0.39, 0.29) is 12.6 Å². The van der Waals surface area contributed by atoms with Crippen LogP contribution in [-0.2, 0) is 122 Å². The topological polar surface area (TPSA) is 302 Å². The number of rotatable bonds is 65. The number of amides is 5. The maximum atomic E-state index is 13.4. The van der Waals surface area contributed by atoms with Gasteiger partial charge in [0.05, 0.1) is 197 Å². The van der Waals surface area contributed by atoms with Gasteiger partial charge < -0.3 is 101 Å². The summed E-state index contributed by atoms with van der Waals surface area (Å²) in [5, 5.41) is 7.77. The van der Waals surface area contributed by atoms with Crippen molar-refractivity contribution in [3.8, 4) is 0 Å². The number of hydrogen-bond acceptors (Lipinski definition) is 24. The molecule has 1 aromatic rings. The highest BCUT2D eigenvalue weighted by Gasteiger charge is 2.28. The molecule has 5 amide bonds. The summed E-state index contributed by atoms with van der Waals surface area (Å²) in [7, 11) is 3.27. The lowest BCUT2D eigenvalue weighted by atomic mass is 9.91. The molecule has 1 atom stereocenters. The summed E-state index contributed by atoms with van der Waals surface area (Å²) < 4.78 is 93.9. The Balaban J connectivity index is 1.82. The molecule has 0 bridgehead atoms. The molecule has 1 aliphatic rings. The van der Waals surface area contributed by atoms with Gasteiger partial charge in [0.2, 0.25) is 17.7 Å². The van der Waals surface area contributed by atoms with Crippen LogP contribution in [0.2, 0.25) is 0 Å². The fourth-order valence-electron chi connectivity index (χ4n) is 7.87. The van der Waals surface area contributed by atoms with E-state index in [0.717, 1.165) is 67.1 Å². The highest BCUT2D eigenvalue weighted by atomic mass is 16.6. The monoisotopic (exact) mass is 1300 g/mol. The minimum atomic E-state index is -0.999. The zero-order valence-corrected chi connectivity index (χ0v) is 55.2. The minimum absolute atomic E-state index is 0.0428. The van der Waals surface area contributed by atoms with Crippen molar-refractivity contribution in [2.45, 2.75) is 72.4 Å². The number of methoxy groups -OCH3 is 2. The van der Waals surface area contributed by atoms with Gasteiger partial charge in [0, 0.05) is 58.4 Å². The molecule has 0 radical (unpaired) electrons. The van der Waals surface area contributed by atoms with E-state index in [0.29, 0.717) is 217 Å². The molecule has 1 heterocycles. The van der Waals surface area contributed by atoms with Gasteiger partial charge in [-0.15, -0.1) is 0 Å². The second kappa shape index (κ2) is 56.8. The Morgan fingerprint density at radius 3 is 1.23 bits per heavy atom. The summed E-state index contributed by atoms with van der Waals surface area (Å²) in [5.41, 5.74) is 1.47. The zero-order valence-electron chi connectivity index (χ0n) is 55.2. The molecule has 91 heavy (non-hydrogen) atoms. The van der Waals surface area contributed by atoms with E-state index < -0.39 is 54.1 Å². The van der Waals surface area contributed by atoms with E-state index in [2.05, 4.69) is 20.9 Å². The van der Waals surface area contributed by atoms with Crippen LogP contribution in [-0.4, -0.2) is 296 Å². The lowest BCUT2D eigenvalue weighted by molar-refractivity contribution is -0.155. The summed E-state index contributed by atoms with van der Waals surface area (Å²) in [6.45, 7) is 22.9. The minimum Gasteiger partial charge on any atom is -0.460 e. The van der Waals surface area contributed by atoms with Crippen LogP contribution in [0.25, 0.3) is 0 Å². The Hall–Kier alpha value is -4.70. The maximum Gasteiger partial charge on any atom is 0.311 e. The van der Waals surface area contributed by atoms with E-state index in [1.807, 2.05) is 32.9 Å². The number of benzene rings is 1. The van der Waals surface area contributed by atoms with E-state index in [1.54, 1.807) is 20.3 Å². The molecule has 0 unspecified atom stereocenters. The molecule has 2 rings (SSSR count). The van der Waals surface area contributed by atoms with Crippen LogP contribution >= 0.6 is 0 Å². The molecular weight excluding hydrogens is 1190 g/mol. The smallest absolute Gasteiger partial charge is 0.311 e. The molecule has 524 valence electrons. The Morgan fingerprint density at radius 1 is 0.495 bits per heavy atom. The Bertz CT molecular complexity index is 2010. The van der Waals surface area contributed by atoms with Gasteiger partial charge in [0.25, 0.3) is 11.8 Å². The summed E-state index contributed by atoms with van der Waals surface area (Å²) >= 11 is 0. The lowest BCUT2D eigenvalue weighted by Gasteiger charge is -2.23. The molecule has 0 aliphatic carbocycles. The SMILES string of the molecule is CCC(C)(C)C(=O)OCc1ccc(NC(=O)[C@H](C)NC(=O)CNC(=O)CN2C(=O)C=CC2=O)cc1CCCN(CCCOCCOCCOCCOCCOCCOCCOCCOC)CCCOCCOCCOCCOCCOCCOCCOCCOC. The first-order valence-corrected chi connectivity index (χ1v) is 31.8. The predicted octanol–water partition coefficient (Wildman–Crippen LogP) is 2.19. The van der Waals surface area contributed by atoms with Gasteiger partial charge in [-0.3, -0.25) is 33.7 Å². The van der Waals surface area contributed by atoms with Gasteiger partial charge in [0.1, 0.15) is 19.2 Å². The average Bonchev–Trinajstić information content (AvgIpc) is 2.96. The van der Waals surface area contributed by atoms with Crippen LogP contribution in [0.4, 0.5) is 5.69 Å². The van der Waals surface area contributed by atoms with Crippen LogP contribution in [0.5, 0.6) is 0 Å². The van der Waals surface area contributed by atoms with Crippen molar-refractivity contribution in [2.24, 2.45) is 5.41 Å². The first-order valence-electron chi connectivity index (χ1n) is 31.8. The highest BCUT2D eigenvalue weighted by Crippen LogP contribution is 2.24. The molecule has 0 saturated heterocycles. The Kier molecular flexibility index (Phi) is 51.4. The van der Waals surface area contributed by atoms with Crippen molar-refractivity contribution >= 4 is 41.2 Å². The van der Waals surface area contributed by atoms with Gasteiger partial charge in [-0.1, -0.05) is 13.0 Å². The standard InChI is InChI=1S/C63H109N5O23/c1-7-63(3,4)62(74)91-52-55-12-13-56(66-61(73)53(2)65-57(69)50-64-58(70)51-68-59(71)14-15-60(68)72)49-54(55)11-8-16-67(17-9-19-77-25-27-81-33-35-85-41-43-89-47-45-87-39-37-83-31-29-79-23-21-75-5)18-10-20-78-26-28-82-34-36-86-42-44-90-48-46-88-40-38-84-32-30-80-24-22-76-6/h12-15,49,53H,7-11,16-48,50-52H2,1-6H3,(H,64,70)(H,65,69)(H,66,73)/t53-/m0/s1. The lowest BCUT2D eigenvalue weighted by Crippen LogP contribution is -2.47. The molecule has 0 fully saturated rings. The number of imide groups is 1. The quantitative estimate of drug-likeness (QED) is 0.0478. The summed E-state index contributed by atoms with van der Waals surface area (Å²) in [6, 6.07) is 4.38. The number of ether oxygens (including phenoxy) is 17. The number of esters is 1. The average molecular weight is 1300 g/mol. The molecule has 0 saturated carbocycles. The summed E-state index contributed by atoms with van der Waals surface area (Å²) in [6.07, 6.45) is 5.60. The summed E-state index contributed by atoms with van der Waals surface area (Å²) in [5.74, 6) is -3.45. The van der Waals surface area contributed by atoms with Crippen molar-refractivity contribution in [1.29, 1.82) is 0 Å². The van der Waals surface area contributed by atoms with Gasteiger partial charge in [-0.25, -0.2) is 0 Å². The normalized spacial score (nSPS) is 12.8. The Labute approximate surface area is 539 Å². The first kappa shape index (κ1) is 82.4. The van der Waals surface area contributed by atoms with E-state index in [9.17, 15) is 28.8 Å². The predicted molar refractivity (Wildman–Crippen MR) is 335 cm³/mol. The van der Waals surface area contributed by atoms with Crippen LogP contribution in [0.3, 0.4) is 0 Å². The van der Waals surface area contributed by atoms with Gasteiger partial charge in [-0.2, -0.15) is 0 Å². The third kappa shape index (κ3) is 45.3. The molecule has 28 heteroatoms. The van der Waals surface area contributed by atoms with Crippen molar-refractivity contribution in [3.63, 3.8) is 0 Å². The molecular formula is C63H109N5O23. The highest BCUT2D eigenvalue weighted by molar-refractivity contribution is 6.14. The largest absolute Gasteiger partial charge is 0.460 e. The van der Waals surface area contributed by atoms with Crippen LogP contribution in [0, 0.1) is 5.41 Å². The number of carbonyl (C=O) groups is 6. The van der Waals surface area contributed by atoms with Crippen LogP contribution in [0.1, 0.15) is 64.5 Å². The fourth-order valence-corrected chi connectivity index (χ4v) is 7.87. The van der Waals surface area contributed by atoms with Crippen LogP contribution < -0.4 is 16.0 Å². The molecule has 3 N–H and O–H groups in total. The van der Waals surface area contributed by atoms with Crippen molar-refractivity contribution in [1.82, 2.24) is 20.4 Å². The van der Waals surface area contributed by atoms with Crippen molar-refractivity contribution in [2.75, 3.05) is 250 Å². The number of anilines is 1. The third-order valence-corrected chi connectivity index (χ3v) is 13.5. The second-order valence-corrected chi connectivity index (χ2v) is 21.2. The fraction of sp³-hybridized carbons (Fsp3) is 0.778. The van der Waals surface area contributed by atoms with E-state index in [4.69, 9.17) is 80.5 Å². The number of nitrogens with one attached hydrogen (secondary N) is 3. The molecule has 28 nitrogen and oxygen atoms in total.